The molecule has 0 aliphatic carbocycles. The first-order valence-electron chi connectivity index (χ1n) is 8.33. The summed E-state index contributed by atoms with van der Waals surface area (Å²) in [5.74, 6) is 0. The molecule has 7 heteroatoms. The van der Waals surface area contributed by atoms with Gasteiger partial charge in [0.1, 0.15) is 12.7 Å². The van der Waals surface area contributed by atoms with Gasteiger partial charge >= 0.3 is 0 Å². The van der Waals surface area contributed by atoms with Crippen LogP contribution >= 0.6 is 11.6 Å². The van der Waals surface area contributed by atoms with E-state index >= 15 is 0 Å². The molecular weight excluding hydrogens is 328 g/mol. The summed E-state index contributed by atoms with van der Waals surface area (Å²) in [6.45, 7) is 3.07. The van der Waals surface area contributed by atoms with E-state index in [1.807, 2.05) is 18.2 Å². The second kappa shape index (κ2) is 6.80. The molecule has 4 rings (SSSR count). The fourth-order valence-corrected chi connectivity index (χ4v) is 3.72. The molecule has 0 unspecified atom stereocenters. The van der Waals surface area contributed by atoms with Crippen molar-refractivity contribution in [2.75, 3.05) is 19.8 Å². The van der Waals surface area contributed by atoms with Crippen molar-refractivity contribution in [1.82, 2.24) is 20.1 Å². The van der Waals surface area contributed by atoms with E-state index in [0.717, 1.165) is 56.9 Å². The summed E-state index contributed by atoms with van der Waals surface area (Å²) < 4.78 is 13.3. The maximum absolute atomic E-state index is 6.15. The van der Waals surface area contributed by atoms with Crippen molar-refractivity contribution in [2.45, 2.75) is 37.5 Å². The maximum Gasteiger partial charge on any atom is 0.138 e. The van der Waals surface area contributed by atoms with Crippen molar-refractivity contribution in [2.24, 2.45) is 0 Å². The molecule has 2 aromatic rings. The van der Waals surface area contributed by atoms with Gasteiger partial charge in [-0.1, -0.05) is 17.7 Å². The molecule has 2 saturated heterocycles. The lowest BCUT2D eigenvalue weighted by Crippen LogP contribution is -2.47. The monoisotopic (exact) mass is 348 g/mol. The minimum atomic E-state index is -0.0787. The Kier molecular flexibility index (Phi) is 4.54. The number of nitrogens with one attached hydrogen (secondary N) is 1. The Balaban J connectivity index is 1.46. The Bertz CT molecular complexity index is 686. The fraction of sp³-hybridized carbons (Fsp3) is 0.529. The van der Waals surface area contributed by atoms with Crippen molar-refractivity contribution < 1.29 is 9.47 Å². The molecule has 2 aliphatic heterocycles. The van der Waals surface area contributed by atoms with Crippen LogP contribution < -0.4 is 5.32 Å². The van der Waals surface area contributed by atoms with Gasteiger partial charge in [-0.25, -0.2) is 9.67 Å². The number of aromatic nitrogens is 3. The lowest BCUT2D eigenvalue weighted by molar-refractivity contribution is -0.0894. The molecule has 3 heterocycles. The Morgan fingerprint density at radius 2 is 2.33 bits per heavy atom. The number of rotatable bonds is 4. The third kappa shape index (κ3) is 3.32. The Morgan fingerprint density at radius 3 is 3.12 bits per heavy atom. The smallest absolute Gasteiger partial charge is 0.138 e. The molecule has 1 aromatic carbocycles. The minimum Gasteiger partial charge on any atom is -0.378 e. The Morgan fingerprint density at radius 1 is 1.38 bits per heavy atom. The molecule has 0 amide bonds. The first kappa shape index (κ1) is 16.0. The van der Waals surface area contributed by atoms with Crippen molar-refractivity contribution >= 4 is 11.6 Å². The van der Waals surface area contributed by atoms with Gasteiger partial charge in [-0.2, -0.15) is 5.10 Å². The zero-order valence-electron chi connectivity index (χ0n) is 13.4. The van der Waals surface area contributed by atoms with Crippen LogP contribution in [-0.4, -0.2) is 46.2 Å². The summed E-state index contributed by atoms with van der Waals surface area (Å²) in [6, 6.07) is 6.30. The standard InChI is InChI=1S/C17H21ClN4O2/c18-14-2-1-13(16(7-14)22-12-19-11-21-22)9-20-15-3-5-24-17(8-15)4-6-23-10-17/h1-2,7,11-12,15,20H,3-6,8-10H2/t15-,17+/m1/s1. The third-order valence-corrected chi connectivity index (χ3v) is 5.09. The highest BCUT2D eigenvalue weighted by atomic mass is 35.5. The average Bonchev–Trinajstić information content (AvgIpc) is 3.26. The van der Waals surface area contributed by atoms with Crippen molar-refractivity contribution in [3.05, 3.63) is 41.4 Å². The second-order valence-corrected chi connectivity index (χ2v) is 6.95. The van der Waals surface area contributed by atoms with E-state index in [1.54, 1.807) is 11.0 Å². The molecule has 24 heavy (non-hydrogen) atoms. The summed E-state index contributed by atoms with van der Waals surface area (Å²) in [6.07, 6.45) is 6.23. The minimum absolute atomic E-state index is 0.0787. The lowest BCUT2D eigenvalue weighted by atomic mass is 9.89. The second-order valence-electron chi connectivity index (χ2n) is 6.52. The largest absolute Gasteiger partial charge is 0.378 e. The molecule has 128 valence electrons. The van der Waals surface area contributed by atoms with Gasteiger partial charge in [-0.15, -0.1) is 0 Å². The number of nitrogens with zero attached hydrogens (tertiary/aromatic N) is 3. The van der Waals surface area contributed by atoms with Crippen molar-refractivity contribution in [3.8, 4) is 5.69 Å². The zero-order valence-corrected chi connectivity index (χ0v) is 14.2. The highest BCUT2D eigenvalue weighted by molar-refractivity contribution is 6.30. The van der Waals surface area contributed by atoms with E-state index in [9.17, 15) is 0 Å². The van der Waals surface area contributed by atoms with E-state index in [2.05, 4.69) is 15.4 Å². The summed E-state index contributed by atoms with van der Waals surface area (Å²) in [7, 11) is 0. The van der Waals surface area contributed by atoms with Gasteiger partial charge in [0, 0.05) is 37.2 Å². The predicted octanol–water partition coefficient (Wildman–Crippen LogP) is 2.35. The summed E-state index contributed by atoms with van der Waals surface area (Å²) in [4.78, 5) is 4.03. The SMILES string of the molecule is Clc1ccc(CN[C@@H]2CCO[C@@]3(CCOC3)C2)c(-n2cncn2)c1. The first-order valence-corrected chi connectivity index (χ1v) is 8.70. The normalized spacial score (nSPS) is 27.0. The van der Waals surface area contributed by atoms with Crippen LogP contribution in [0.15, 0.2) is 30.9 Å². The summed E-state index contributed by atoms with van der Waals surface area (Å²) in [5.41, 5.74) is 2.02. The molecule has 6 nitrogen and oxygen atoms in total. The molecule has 1 aromatic heterocycles. The van der Waals surface area contributed by atoms with E-state index in [1.165, 1.54) is 6.33 Å². The number of halogens is 1. The Labute approximate surface area is 146 Å². The average molecular weight is 349 g/mol. The van der Waals surface area contributed by atoms with Gasteiger partial charge in [0.15, 0.2) is 0 Å². The highest BCUT2D eigenvalue weighted by Crippen LogP contribution is 2.33. The number of hydrogen-bond acceptors (Lipinski definition) is 5. The molecule has 0 radical (unpaired) electrons. The predicted molar refractivity (Wildman–Crippen MR) is 90.3 cm³/mol. The zero-order chi connectivity index (χ0) is 16.4. The molecular formula is C17H21ClN4O2. The van der Waals surface area contributed by atoms with Crippen LogP contribution in [-0.2, 0) is 16.0 Å². The van der Waals surface area contributed by atoms with Crippen LogP contribution in [0, 0.1) is 0 Å². The van der Waals surface area contributed by atoms with E-state index < -0.39 is 0 Å². The number of benzene rings is 1. The molecule has 0 bridgehead atoms. The van der Waals surface area contributed by atoms with E-state index in [0.29, 0.717) is 11.1 Å². The quantitative estimate of drug-likeness (QED) is 0.919. The molecule has 1 spiro atoms. The topological polar surface area (TPSA) is 61.2 Å². The van der Waals surface area contributed by atoms with Gasteiger partial charge in [-0.3, -0.25) is 0 Å². The lowest BCUT2D eigenvalue weighted by Gasteiger charge is -2.37. The van der Waals surface area contributed by atoms with Gasteiger partial charge in [-0.05, 0) is 30.5 Å². The summed E-state index contributed by atoms with van der Waals surface area (Å²) >= 11 is 6.15. The summed E-state index contributed by atoms with van der Waals surface area (Å²) in [5, 5.41) is 8.59. The van der Waals surface area contributed by atoms with Crippen LogP contribution in [0.3, 0.4) is 0 Å². The van der Waals surface area contributed by atoms with Gasteiger partial charge in [0.05, 0.1) is 17.9 Å². The van der Waals surface area contributed by atoms with Crippen molar-refractivity contribution in [3.63, 3.8) is 0 Å². The molecule has 2 atom stereocenters. The van der Waals surface area contributed by atoms with Crippen LogP contribution in [0.1, 0.15) is 24.8 Å². The van der Waals surface area contributed by atoms with Gasteiger partial charge in [0.25, 0.3) is 0 Å². The van der Waals surface area contributed by atoms with Gasteiger partial charge in [0.2, 0.25) is 0 Å². The number of hydrogen-bond donors (Lipinski definition) is 1. The highest BCUT2D eigenvalue weighted by Gasteiger charge is 2.40. The third-order valence-electron chi connectivity index (χ3n) is 4.85. The maximum atomic E-state index is 6.15. The Hall–Kier alpha value is -1.47. The van der Waals surface area contributed by atoms with Crippen LogP contribution in [0.25, 0.3) is 5.69 Å². The fourth-order valence-electron chi connectivity index (χ4n) is 3.55. The first-order chi connectivity index (χ1) is 11.7. The molecule has 0 saturated carbocycles. The number of ether oxygens (including phenoxy) is 2. The van der Waals surface area contributed by atoms with Crippen LogP contribution in [0.4, 0.5) is 0 Å². The molecule has 2 fully saturated rings. The molecule has 1 N–H and O–H groups in total. The van der Waals surface area contributed by atoms with E-state index in [-0.39, 0.29) is 5.60 Å². The van der Waals surface area contributed by atoms with Gasteiger partial charge < -0.3 is 14.8 Å². The van der Waals surface area contributed by atoms with Crippen molar-refractivity contribution in [1.29, 1.82) is 0 Å². The molecule has 2 aliphatic rings. The van der Waals surface area contributed by atoms with E-state index in [4.69, 9.17) is 21.1 Å². The van der Waals surface area contributed by atoms with Crippen LogP contribution in [0.5, 0.6) is 0 Å². The van der Waals surface area contributed by atoms with Crippen LogP contribution in [0.2, 0.25) is 5.02 Å².